The summed E-state index contributed by atoms with van der Waals surface area (Å²) in [5.74, 6) is 2.28. The van der Waals surface area contributed by atoms with Gasteiger partial charge < -0.3 is 5.32 Å². The largest absolute Gasteiger partial charge is 0.373 e. The zero-order valence-electron chi connectivity index (χ0n) is 11.5. The highest BCUT2D eigenvalue weighted by molar-refractivity contribution is 5.46. The molecule has 0 spiro atoms. The van der Waals surface area contributed by atoms with Crippen molar-refractivity contribution in [3.05, 3.63) is 17.1 Å². The van der Waals surface area contributed by atoms with Crippen LogP contribution in [0.5, 0.6) is 0 Å². The van der Waals surface area contributed by atoms with Gasteiger partial charge in [-0.05, 0) is 12.8 Å². The lowest BCUT2D eigenvalue weighted by Gasteiger charge is -2.21. The summed E-state index contributed by atoms with van der Waals surface area (Å²) in [6.45, 7) is 12.8. The van der Waals surface area contributed by atoms with Crippen molar-refractivity contribution in [1.82, 2.24) is 9.97 Å². The van der Waals surface area contributed by atoms with E-state index in [1.807, 2.05) is 7.05 Å². The van der Waals surface area contributed by atoms with E-state index in [1.54, 1.807) is 0 Å². The second-order valence-electron chi connectivity index (χ2n) is 5.56. The second-order valence-corrected chi connectivity index (χ2v) is 5.56. The first-order valence-electron chi connectivity index (χ1n) is 5.84. The van der Waals surface area contributed by atoms with Crippen LogP contribution >= 0.6 is 0 Å². The van der Waals surface area contributed by atoms with Gasteiger partial charge in [-0.25, -0.2) is 9.97 Å². The molecule has 0 aliphatic carbocycles. The minimum atomic E-state index is -0.0110. The summed E-state index contributed by atoms with van der Waals surface area (Å²) in [5, 5.41) is 3.15. The van der Waals surface area contributed by atoms with Crippen molar-refractivity contribution in [2.24, 2.45) is 0 Å². The molecule has 0 aromatic carbocycles. The van der Waals surface area contributed by atoms with Crippen LogP contribution in [0, 0.1) is 6.92 Å². The molecule has 0 radical (unpaired) electrons. The molecular weight excluding hydrogens is 198 g/mol. The second kappa shape index (κ2) is 4.40. The molecule has 16 heavy (non-hydrogen) atoms. The molecule has 0 aliphatic rings. The molecule has 1 N–H and O–H groups in total. The van der Waals surface area contributed by atoms with Crippen molar-refractivity contribution in [3.63, 3.8) is 0 Å². The van der Waals surface area contributed by atoms with E-state index in [-0.39, 0.29) is 5.41 Å². The first-order valence-corrected chi connectivity index (χ1v) is 5.84. The highest BCUT2D eigenvalue weighted by Gasteiger charge is 2.21. The number of nitrogens with one attached hydrogen (secondary N) is 1. The summed E-state index contributed by atoms with van der Waals surface area (Å²) in [4.78, 5) is 9.28. The molecule has 0 unspecified atom stereocenters. The molecule has 1 aromatic heterocycles. The third-order valence-corrected chi connectivity index (χ3v) is 2.64. The van der Waals surface area contributed by atoms with Gasteiger partial charge in [-0.15, -0.1) is 0 Å². The van der Waals surface area contributed by atoms with E-state index < -0.39 is 0 Å². The lowest BCUT2D eigenvalue weighted by atomic mass is 9.94. The van der Waals surface area contributed by atoms with Gasteiger partial charge in [0.2, 0.25) is 0 Å². The number of aromatic nitrogens is 2. The number of nitrogens with zero attached hydrogens (tertiary/aromatic N) is 2. The van der Waals surface area contributed by atoms with Gasteiger partial charge in [-0.2, -0.15) is 0 Å². The Balaban J connectivity index is 3.40. The zero-order chi connectivity index (χ0) is 12.5. The summed E-state index contributed by atoms with van der Waals surface area (Å²) in [6.07, 6.45) is 0. The average molecular weight is 221 g/mol. The van der Waals surface area contributed by atoms with Crippen molar-refractivity contribution < 1.29 is 0 Å². The molecule has 1 aromatic rings. The SMILES string of the molecule is CNc1nc(C(C)(C)C)nc(C(C)C)c1C. The van der Waals surface area contributed by atoms with Crippen LogP contribution in [0.2, 0.25) is 0 Å². The number of hydrogen-bond donors (Lipinski definition) is 1. The van der Waals surface area contributed by atoms with E-state index in [1.165, 1.54) is 0 Å². The minimum absolute atomic E-state index is 0.0110. The van der Waals surface area contributed by atoms with Crippen LogP contribution in [-0.2, 0) is 5.41 Å². The molecule has 0 saturated carbocycles. The van der Waals surface area contributed by atoms with Gasteiger partial charge in [-0.3, -0.25) is 0 Å². The van der Waals surface area contributed by atoms with E-state index in [2.05, 4.69) is 51.8 Å². The Morgan fingerprint density at radius 3 is 2.06 bits per heavy atom. The molecule has 0 fully saturated rings. The molecule has 0 aliphatic heterocycles. The quantitative estimate of drug-likeness (QED) is 0.833. The van der Waals surface area contributed by atoms with Crippen molar-refractivity contribution >= 4 is 5.82 Å². The molecule has 3 heteroatoms. The van der Waals surface area contributed by atoms with Crippen LogP contribution in [0.15, 0.2) is 0 Å². The van der Waals surface area contributed by atoms with Crippen molar-refractivity contribution in [1.29, 1.82) is 0 Å². The topological polar surface area (TPSA) is 37.8 Å². The predicted molar refractivity (Wildman–Crippen MR) is 69.1 cm³/mol. The Kier molecular flexibility index (Phi) is 3.56. The maximum absolute atomic E-state index is 4.70. The first-order chi connectivity index (χ1) is 7.27. The lowest BCUT2D eigenvalue weighted by molar-refractivity contribution is 0.538. The fourth-order valence-electron chi connectivity index (χ4n) is 1.67. The van der Waals surface area contributed by atoms with E-state index >= 15 is 0 Å². The Morgan fingerprint density at radius 1 is 1.12 bits per heavy atom. The van der Waals surface area contributed by atoms with Gasteiger partial charge >= 0.3 is 0 Å². The molecule has 1 rings (SSSR count). The van der Waals surface area contributed by atoms with Gasteiger partial charge in [0.1, 0.15) is 11.6 Å². The fourth-order valence-corrected chi connectivity index (χ4v) is 1.67. The molecule has 90 valence electrons. The summed E-state index contributed by atoms with van der Waals surface area (Å²) in [5.41, 5.74) is 2.29. The number of anilines is 1. The molecular formula is C13H23N3. The lowest BCUT2D eigenvalue weighted by Crippen LogP contribution is -2.19. The molecule has 0 bridgehead atoms. The maximum atomic E-state index is 4.70. The van der Waals surface area contributed by atoms with Crippen LogP contribution in [0.3, 0.4) is 0 Å². The first kappa shape index (κ1) is 12.9. The molecule has 1 heterocycles. The summed E-state index contributed by atoms with van der Waals surface area (Å²) in [7, 11) is 1.91. The maximum Gasteiger partial charge on any atom is 0.136 e. The van der Waals surface area contributed by atoms with Crippen molar-refractivity contribution in [2.45, 2.75) is 52.9 Å². The van der Waals surface area contributed by atoms with Crippen LogP contribution in [-0.4, -0.2) is 17.0 Å². The predicted octanol–water partition coefficient (Wildman–Crippen LogP) is 3.25. The Hall–Kier alpha value is -1.12. The monoisotopic (exact) mass is 221 g/mol. The zero-order valence-corrected chi connectivity index (χ0v) is 11.5. The molecule has 0 atom stereocenters. The van der Waals surface area contributed by atoms with E-state index in [0.717, 1.165) is 22.9 Å². The summed E-state index contributed by atoms with van der Waals surface area (Å²) >= 11 is 0. The van der Waals surface area contributed by atoms with Crippen molar-refractivity contribution in [3.8, 4) is 0 Å². The van der Waals surface area contributed by atoms with Gasteiger partial charge in [0, 0.05) is 18.0 Å². The van der Waals surface area contributed by atoms with Gasteiger partial charge in [0.25, 0.3) is 0 Å². The minimum Gasteiger partial charge on any atom is -0.373 e. The number of rotatable bonds is 2. The van der Waals surface area contributed by atoms with Crippen molar-refractivity contribution in [2.75, 3.05) is 12.4 Å². The highest BCUT2D eigenvalue weighted by Crippen LogP contribution is 2.26. The van der Waals surface area contributed by atoms with E-state index in [0.29, 0.717) is 5.92 Å². The molecule has 3 nitrogen and oxygen atoms in total. The Bertz CT molecular complexity index is 375. The third kappa shape index (κ3) is 2.52. The highest BCUT2D eigenvalue weighted by atomic mass is 15.0. The normalized spacial score (nSPS) is 12.0. The van der Waals surface area contributed by atoms with Crippen LogP contribution in [0.4, 0.5) is 5.82 Å². The Labute approximate surface area is 98.7 Å². The standard InChI is InChI=1S/C13H23N3/c1-8(2)10-9(3)11(14-7)16-12(15-10)13(4,5)6/h8H,1-7H3,(H,14,15,16). The number of hydrogen-bond acceptors (Lipinski definition) is 3. The van der Waals surface area contributed by atoms with E-state index in [9.17, 15) is 0 Å². The van der Waals surface area contributed by atoms with Gasteiger partial charge in [0.05, 0.1) is 5.69 Å². The summed E-state index contributed by atoms with van der Waals surface area (Å²) < 4.78 is 0. The van der Waals surface area contributed by atoms with Gasteiger partial charge in [-0.1, -0.05) is 34.6 Å². The third-order valence-electron chi connectivity index (χ3n) is 2.64. The average Bonchev–Trinajstić information content (AvgIpc) is 2.15. The van der Waals surface area contributed by atoms with Crippen LogP contribution < -0.4 is 5.32 Å². The molecule has 0 saturated heterocycles. The smallest absolute Gasteiger partial charge is 0.136 e. The van der Waals surface area contributed by atoms with E-state index in [4.69, 9.17) is 4.98 Å². The van der Waals surface area contributed by atoms with Crippen LogP contribution in [0.25, 0.3) is 0 Å². The van der Waals surface area contributed by atoms with Crippen LogP contribution in [0.1, 0.15) is 57.6 Å². The Morgan fingerprint density at radius 2 is 1.69 bits per heavy atom. The van der Waals surface area contributed by atoms with Gasteiger partial charge in [0.15, 0.2) is 0 Å². The fraction of sp³-hybridized carbons (Fsp3) is 0.692. The summed E-state index contributed by atoms with van der Waals surface area (Å²) in [6, 6.07) is 0. The molecule has 0 amide bonds.